The van der Waals surface area contributed by atoms with Gasteiger partial charge in [0.05, 0.1) is 23.7 Å². The molecular weight excluding hydrogens is 470 g/mol. The topological polar surface area (TPSA) is 46.6 Å². The molecule has 0 aromatic heterocycles. The quantitative estimate of drug-likeness (QED) is 0.586. The summed E-state index contributed by atoms with van der Waals surface area (Å²) >= 11 is 5.61. The standard InChI is InChI=1S/C22H24BrNO3S2/c1-27-17-3-2-4-18(14-17)29(25,26)24-20-8-7-16(23)13-19(20)22(9-11-28-12-10-22)21(24)15-5-6-15/h2-4,7-8,13-15,21H,5-6,9-12H2,1H3. The summed E-state index contributed by atoms with van der Waals surface area (Å²) < 4.78 is 36.0. The van der Waals surface area contributed by atoms with Crippen molar-refractivity contribution >= 4 is 43.4 Å². The highest BCUT2D eigenvalue weighted by Crippen LogP contribution is 2.59. The Morgan fingerprint density at radius 2 is 1.90 bits per heavy atom. The van der Waals surface area contributed by atoms with Crippen molar-refractivity contribution < 1.29 is 13.2 Å². The van der Waals surface area contributed by atoms with Crippen LogP contribution < -0.4 is 9.04 Å². The van der Waals surface area contributed by atoms with Gasteiger partial charge in [0.25, 0.3) is 10.0 Å². The third-order valence-corrected chi connectivity index (χ3v) is 9.87. The van der Waals surface area contributed by atoms with E-state index in [-0.39, 0.29) is 11.5 Å². The number of ether oxygens (including phenoxy) is 1. The van der Waals surface area contributed by atoms with E-state index in [0.29, 0.717) is 16.6 Å². The molecule has 4 nitrogen and oxygen atoms in total. The first-order valence-electron chi connectivity index (χ1n) is 10.0. The van der Waals surface area contributed by atoms with Crippen LogP contribution in [-0.2, 0) is 15.4 Å². The summed E-state index contributed by atoms with van der Waals surface area (Å²) in [5.74, 6) is 3.17. The zero-order chi connectivity index (χ0) is 20.2. The number of halogens is 1. The average Bonchev–Trinajstić information content (AvgIpc) is 3.54. The smallest absolute Gasteiger partial charge is 0.264 e. The fourth-order valence-electron chi connectivity index (χ4n) is 5.14. The number of fused-ring (bicyclic) bond motifs is 2. The SMILES string of the molecule is COc1cccc(S(=O)(=O)N2c3ccc(Br)cc3C3(CCSCC3)C2C2CC2)c1. The molecule has 1 saturated heterocycles. The zero-order valence-corrected chi connectivity index (χ0v) is 19.5. The van der Waals surface area contributed by atoms with E-state index in [2.05, 4.69) is 22.0 Å². The van der Waals surface area contributed by atoms with E-state index in [4.69, 9.17) is 4.74 Å². The molecule has 2 aliphatic heterocycles. The molecule has 1 atom stereocenters. The van der Waals surface area contributed by atoms with Gasteiger partial charge in [0.2, 0.25) is 0 Å². The Morgan fingerprint density at radius 1 is 1.14 bits per heavy atom. The van der Waals surface area contributed by atoms with Crippen molar-refractivity contribution in [2.45, 2.75) is 42.0 Å². The molecule has 2 heterocycles. The second-order valence-electron chi connectivity index (χ2n) is 8.19. The molecule has 1 unspecified atom stereocenters. The summed E-state index contributed by atoms with van der Waals surface area (Å²) in [5.41, 5.74) is 1.98. The molecule has 0 N–H and O–H groups in total. The highest BCUT2D eigenvalue weighted by Gasteiger charge is 2.59. The van der Waals surface area contributed by atoms with Gasteiger partial charge in [-0.2, -0.15) is 11.8 Å². The van der Waals surface area contributed by atoms with Crippen molar-refractivity contribution in [2.24, 2.45) is 5.92 Å². The van der Waals surface area contributed by atoms with Crippen LogP contribution in [0.25, 0.3) is 0 Å². The zero-order valence-electron chi connectivity index (χ0n) is 16.3. The van der Waals surface area contributed by atoms with Gasteiger partial charge < -0.3 is 4.74 Å². The van der Waals surface area contributed by atoms with Crippen LogP contribution in [0.5, 0.6) is 5.75 Å². The molecule has 29 heavy (non-hydrogen) atoms. The number of methoxy groups -OCH3 is 1. The Kier molecular flexibility index (Phi) is 4.91. The maximum absolute atomic E-state index is 14.0. The minimum atomic E-state index is -3.70. The highest BCUT2D eigenvalue weighted by molar-refractivity contribution is 9.10. The summed E-state index contributed by atoms with van der Waals surface area (Å²) in [6.07, 6.45) is 4.29. The number of sulfonamides is 1. The van der Waals surface area contributed by atoms with Gasteiger partial charge in [0.15, 0.2) is 0 Å². The van der Waals surface area contributed by atoms with Gasteiger partial charge >= 0.3 is 0 Å². The lowest BCUT2D eigenvalue weighted by molar-refractivity contribution is 0.315. The molecule has 0 amide bonds. The number of hydrogen-bond donors (Lipinski definition) is 0. The predicted octanol–water partition coefficient (Wildman–Crippen LogP) is 5.21. The Morgan fingerprint density at radius 3 is 2.59 bits per heavy atom. The molecular formula is C22H24BrNO3S2. The number of anilines is 1. The molecule has 5 rings (SSSR count). The third-order valence-electron chi connectivity index (χ3n) is 6.60. The van der Waals surface area contributed by atoms with Gasteiger partial charge in [-0.25, -0.2) is 8.42 Å². The van der Waals surface area contributed by atoms with Gasteiger partial charge in [-0.1, -0.05) is 22.0 Å². The third kappa shape index (κ3) is 3.12. The molecule has 0 bridgehead atoms. The van der Waals surface area contributed by atoms with Crippen LogP contribution in [0, 0.1) is 5.92 Å². The number of benzene rings is 2. The van der Waals surface area contributed by atoms with Gasteiger partial charge in [-0.3, -0.25) is 4.31 Å². The Labute approximate surface area is 185 Å². The Hall–Kier alpha value is -1.18. The van der Waals surface area contributed by atoms with E-state index in [1.165, 1.54) is 5.56 Å². The van der Waals surface area contributed by atoms with Crippen molar-refractivity contribution in [3.05, 3.63) is 52.5 Å². The monoisotopic (exact) mass is 493 g/mol. The van der Waals surface area contributed by atoms with E-state index in [1.54, 1.807) is 35.7 Å². The van der Waals surface area contributed by atoms with Crippen LogP contribution >= 0.6 is 27.7 Å². The molecule has 2 fully saturated rings. The first-order valence-corrected chi connectivity index (χ1v) is 13.4. The molecule has 3 aliphatic rings. The summed E-state index contributed by atoms with van der Waals surface area (Å²) in [6.45, 7) is 0. The van der Waals surface area contributed by atoms with E-state index in [1.807, 2.05) is 23.9 Å². The molecule has 2 aromatic carbocycles. The summed E-state index contributed by atoms with van der Waals surface area (Å²) in [6, 6.07) is 13.0. The first-order chi connectivity index (χ1) is 14.0. The van der Waals surface area contributed by atoms with Gasteiger partial charge in [-0.05, 0) is 79.0 Å². The lowest BCUT2D eigenvalue weighted by Crippen LogP contribution is -2.50. The van der Waals surface area contributed by atoms with Crippen molar-refractivity contribution in [3.8, 4) is 5.75 Å². The van der Waals surface area contributed by atoms with Crippen LogP contribution in [0.2, 0.25) is 0 Å². The second kappa shape index (κ2) is 7.20. The largest absolute Gasteiger partial charge is 0.497 e. The lowest BCUT2D eigenvalue weighted by atomic mass is 9.70. The van der Waals surface area contributed by atoms with Gasteiger partial charge in [-0.15, -0.1) is 0 Å². The van der Waals surface area contributed by atoms with Crippen LogP contribution in [-0.4, -0.2) is 33.1 Å². The summed E-state index contributed by atoms with van der Waals surface area (Å²) in [5, 5.41) is 0. The van der Waals surface area contributed by atoms with Crippen molar-refractivity contribution in [1.29, 1.82) is 0 Å². The van der Waals surface area contributed by atoms with Crippen molar-refractivity contribution in [2.75, 3.05) is 22.9 Å². The molecule has 7 heteroatoms. The van der Waals surface area contributed by atoms with Gasteiger partial charge in [0.1, 0.15) is 5.75 Å². The minimum absolute atomic E-state index is 0.00361. The summed E-state index contributed by atoms with van der Waals surface area (Å²) in [4.78, 5) is 0.304. The van der Waals surface area contributed by atoms with Crippen molar-refractivity contribution in [3.63, 3.8) is 0 Å². The fraction of sp³-hybridized carbons (Fsp3) is 0.455. The van der Waals surface area contributed by atoms with Crippen LogP contribution in [0.1, 0.15) is 31.2 Å². The van der Waals surface area contributed by atoms with E-state index < -0.39 is 10.0 Å². The maximum Gasteiger partial charge on any atom is 0.264 e. The lowest BCUT2D eigenvalue weighted by Gasteiger charge is -2.41. The Bertz CT molecular complexity index is 1050. The molecule has 1 aliphatic carbocycles. The fourth-order valence-corrected chi connectivity index (χ4v) is 8.56. The second-order valence-corrected chi connectivity index (χ2v) is 12.1. The van der Waals surface area contributed by atoms with Crippen LogP contribution in [0.3, 0.4) is 0 Å². The first kappa shape index (κ1) is 19.8. The average molecular weight is 494 g/mol. The number of nitrogens with zero attached hydrogens (tertiary/aromatic N) is 1. The predicted molar refractivity (Wildman–Crippen MR) is 122 cm³/mol. The molecule has 1 saturated carbocycles. The molecule has 154 valence electrons. The molecule has 0 radical (unpaired) electrons. The Balaban J connectivity index is 1.71. The summed E-state index contributed by atoms with van der Waals surface area (Å²) in [7, 11) is -2.13. The van der Waals surface area contributed by atoms with Crippen LogP contribution in [0.4, 0.5) is 5.69 Å². The number of hydrogen-bond acceptors (Lipinski definition) is 4. The molecule has 2 aromatic rings. The molecule has 1 spiro atoms. The van der Waals surface area contributed by atoms with E-state index in [0.717, 1.165) is 47.3 Å². The normalized spacial score (nSPS) is 23.2. The van der Waals surface area contributed by atoms with Crippen molar-refractivity contribution in [1.82, 2.24) is 0 Å². The van der Waals surface area contributed by atoms with Crippen LogP contribution in [0.15, 0.2) is 51.8 Å². The highest BCUT2D eigenvalue weighted by atomic mass is 79.9. The number of thioether (sulfide) groups is 1. The van der Waals surface area contributed by atoms with E-state index >= 15 is 0 Å². The minimum Gasteiger partial charge on any atom is -0.497 e. The number of rotatable bonds is 4. The van der Waals surface area contributed by atoms with Gasteiger partial charge in [0, 0.05) is 16.0 Å². The maximum atomic E-state index is 14.0. The van der Waals surface area contributed by atoms with E-state index in [9.17, 15) is 8.42 Å².